The Morgan fingerprint density at radius 3 is 2.26 bits per heavy atom. The normalized spacial score (nSPS) is 16.7. The fourth-order valence-electron chi connectivity index (χ4n) is 2.58. The van der Waals surface area contributed by atoms with Gasteiger partial charge in [0.1, 0.15) is 0 Å². The lowest BCUT2D eigenvalue weighted by atomic mass is 10.1. The van der Waals surface area contributed by atoms with E-state index in [-0.39, 0.29) is 12.5 Å². The second-order valence-electron chi connectivity index (χ2n) is 5.70. The molecule has 1 fully saturated rings. The quantitative estimate of drug-likeness (QED) is 0.827. The number of carbonyl (C=O) groups excluding carboxylic acids is 1. The number of hydrogen-bond acceptors (Lipinski definition) is 3. The number of nitrogens with zero attached hydrogens (tertiary/aromatic N) is 1. The maximum Gasteiger partial charge on any atom is 0.279 e. The SMILES string of the molecule is CCNC(=O)c1ccc(CNS(=O)(=O)N2CCCCCC2)cc1. The molecule has 1 heterocycles. The molecule has 2 N–H and O–H groups in total. The lowest BCUT2D eigenvalue weighted by Gasteiger charge is -2.20. The monoisotopic (exact) mass is 339 g/mol. The molecular weight excluding hydrogens is 314 g/mol. The second-order valence-corrected chi connectivity index (χ2v) is 7.45. The van der Waals surface area contributed by atoms with Gasteiger partial charge in [0.15, 0.2) is 0 Å². The summed E-state index contributed by atoms with van der Waals surface area (Å²) in [4.78, 5) is 11.7. The van der Waals surface area contributed by atoms with E-state index in [1.165, 1.54) is 4.31 Å². The Hall–Kier alpha value is -1.44. The Balaban J connectivity index is 1.93. The number of carbonyl (C=O) groups is 1. The highest BCUT2D eigenvalue weighted by atomic mass is 32.2. The van der Waals surface area contributed by atoms with Crippen LogP contribution in [0.15, 0.2) is 24.3 Å². The predicted molar refractivity (Wildman–Crippen MR) is 90.2 cm³/mol. The van der Waals surface area contributed by atoms with Crippen LogP contribution in [-0.2, 0) is 16.8 Å². The number of hydrogen-bond donors (Lipinski definition) is 2. The third kappa shape index (κ3) is 5.30. The third-order valence-corrected chi connectivity index (χ3v) is 5.47. The molecule has 2 rings (SSSR count). The van der Waals surface area contributed by atoms with E-state index in [4.69, 9.17) is 0 Å². The lowest BCUT2D eigenvalue weighted by molar-refractivity contribution is 0.0956. The first kappa shape index (κ1) is 17.9. The van der Waals surface area contributed by atoms with Crippen molar-refractivity contribution in [3.8, 4) is 0 Å². The van der Waals surface area contributed by atoms with Crippen LogP contribution in [0.3, 0.4) is 0 Å². The molecule has 0 atom stereocenters. The van der Waals surface area contributed by atoms with E-state index in [2.05, 4.69) is 10.0 Å². The van der Waals surface area contributed by atoms with Gasteiger partial charge in [0.05, 0.1) is 0 Å². The molecule has 0 unspecified atom stereocenters. The molecule has 0 aliphatic carbocycles. The van der Waals surface area contributed by atoms with E-state index >= 15 is 0 Å². The summed E-state index contributed by atoms with van der Waals surface area (Å²) in [5.74, 6) is -0.121. The maximum atomic E-state index is 12.3. The molecule has 1 aliphatic rings. The average Bonchev–Trinajstić information content (AvgIpc) is 2.84. The van der Waals surface area contributed by atoms with Gasteiger partial charge in [0.2, 0.25) is 0 Å². The molecule has 23 heavy (non-hydrogen) atoms. The summed E-state index contributed by atoms with van der Waals surface area (Å²) in [5, 5.41) is 2.73. The van der Waals surface area contributed by atoms with E-state index in [1.807, 2.05) is 6.92 Å². The van der Waals surface area contributed by atoms with E-state index in [1.54, 1.807) is 24.3 Å². The molecule has 1 amide bonds. The number of nitrogens with one attached hydrogen (secondary N) is 2. The van der Waals surface area contributed by atoms with Gasteiger partial charge in [-0.1, -0.05) is 25.0 Å². The summed E-state index contributed by atoms with van der Waals surface area (Å²) in [5.41, 5.74) is 1.41. The Kier molecular flexibility index (Phi) is 6.56. The molecule has 0 spiro atoms. The van der Waals surface area contributed by atoms with Crippen molar-refractivity contribution >= 4 is 16.1 Å². The molecule has 1 aromatic carbocycles. The summed E-state index contributed by atoms with van der Waals surface area (Å²) in [7, 11) is -3.44. The Morgan fingerprint density at radius 1 is 1.09 bits per heavy atom. The van der Waals surface area contributed by atoms with Crippen LogP contribution in [0, 0.1) is 0 Å². The van der Waals surface area contributed by atoms with Gasteiger partial charge in [0.25, 0.3) is 16.1 Å². The molecule has 0 radical (unpaired) electrons. The molecule has 1 saturated heterocycles. The molecule has 6 nitrogen and oxygen atoms in total. The van der Waals surface area contributed by atoms with Crippen LogP contribution in [0.4, 0.5) is 0 Å². The van der Waals surface area contributed by atoms with Crippen LogP contribution < -0.4 is 10.0 Å². The molecule has 7 heteroatoms. The summed E-state index contributed by atoms with van der Waals surface area (Å²) in [6.07, 6.45) is 4.02. The van der Waals surface area contributed by atoms with Crippen molar-refractivity contribution < 1.29 is 13.2 Å². The van der Waals surface area contributed by atoms with Crippen LogP contribution in [0.5, 0.6) is 0 Å². The largest absolute Gasteiger partial charge is 0.352 e. The van der Waals surface area contributed by atoms with Gasteiger partial charge < -0.3 is 5.32 Å². The minimum atomic E-state index is -3.44. The van der Waals surface area contributed by atoms with Crippen molar-refractivity contribution in [1.82, 2.24) is 14.3 Å². The summed E-state index contributed by atoms with van der Waals surface area (Å²) in [6, 6.07) is 6.96. The highest BCUT2D eigenvalue weighted by Gasteiger charge is 2.22. The zero-order valence-corrected chi connectivity index (χ0v) is 14.4. The van der Waals surface area contributed by atoms with Crippen molar-refractivity contribution in [1.29, 1.82) is 0 Å². The first-order valence-corrected chi connectivity index (χ1v) is 9.59. The standard InChI is InChI=1S/C16H25N3O3S/c1-2-17-16(20)15-9-7-14(8-10-15)13-18-23(21,22)19-11-5-3-4-6-12-19/h7-10,18H,2-6,11-13H2,1H3,(H,17,20). The minimum absolute atomic E-state index is 0.121. The fourth-order valence-corrected chi connectivity index (χ4v) is 3.85. The van der Waals surface area contributed by atoms with Gasteiger partial charge in [-0.15, -0.1) is 0 Å². The first-order chi connectivity index (χ1) is 11.0. The third-order valence-electron chi connectivity index (χ3n) is 3.92. The maximum absolute atomic E-state index is 12.3. The number of benzene rings is 1. The zero-order valence-electron chi connectivity index (χ0n) is 13.5. The van der Waals surface area contributed by atoms with Gasteiger partial charge >= 0.3 is 0 Å². The van der Waals surface area contributed by atoms with Crippen molar-refractivity contribution in [3.05, 3.63) is 35.4 Å². The molecule has 1 aliphatic heterocycles. The Bertz CT molecular complexity index is 606. The lowest BCUT2D eigenvalue weighted by Crippen LogP contribution is -2.40. The van der Waals surface area contributed by atoms with Crippen molar-refractivity contribution in [3.63, 3.8) is 0 Å². The second kappa shape index (κ2) is 8.42. The summed E-state index contributed by atoms with van der Waals surface area (Å²) < 4.78 is 28.8. The molecule has 1 aromatic rings. The Morgan fingerprint density at radius 2 is 1.70 bits per heavy atom. The van der Waals surface area contributed by atoms with Crippen molar-refractivity contribution in [2.45, 2.75) is 39.2 Å². The summed E-state index contributed by atoms with van der Waals surface area (Å²) >= 11 is 0. The van der Waals surface area contributed by atoms with E-state index in [9.17, 15) is 13.2 Å². The zero-order chi connectivity index (χ0) is 16.7. The summed E-state index contributed by atoms with van der Waals surface area (Å²) in [6.45, 7) is 3.85. The smallest absolute Gasteiger partial charge is 0.279 e. The van der Waals surface area contributed by atoms with Gasteiger partial charge in [-0.3, -0.25) is 4.79 Å². The molecule has 0 saturated carbocycles. The van der Waals surface area contributed by atoms with Crippen LogP contribution in [0.25, 0.3) is 0 Å². The topological polar surface area (TPSA) is 78.5 Å². The predicted octanol–water partition coefficient (Wildman–Crippen LogP) is 1.65. The molecule has 128 valence electrons. The molecular formula is C16H25N3O3S. The van der Waals surface area contributed by atoms with E-state index in [0.717, 1.165) is 31.2 Å². The molecule has 0 aromatic heterocycles. The Labute approximate surface area is 138 Å². The van der Waals surface area contributed by atoms with Gasteiger partial charge in [-0.2, -0.15) is 17.4 Å². The van der Waals surface area contributed by atoms with E-state index in [0.29, 0.717) is 25.2 Å². The van der Waals surface area contributed by atoms with Crippen LogP contribution in [0.1, 0.15) is 48.5 Å². The highest BCUT2D eigenvalue weighted by molar-refractivity contribution is 7.87. The van der Waals surface area contributed by atoms with Crippen LogP contribution in [0.2, 0.25) is 0 Å². The van der Waals surface area contributed by atoms with E-state index < -0.39 is 10.2 Å². The van der Waals surface area contributed by atoms with Crippen LogP contribution in [-0.4, -0.2) is 38.3 Å². The van der Waals surface area contributed by atoms with Gasteiger partial charge in [0, 0.05) is 31.7 Å². The van der Waals surface area contributed by atoms with Crippen molar-refractivity contribution in [2.24, 2.45) is 0 Å². The minimum Gasteiger partial charge on any atom is -0.352 e. The van der Waals surface area contributed by atoms with Crippen LogP contribution >= 0.6 is 0 Å². The number of rotatable bonds is 6. The van der Waals surface area contributed by atoms with Crippen molar-refractivity contribution in [2.75, 3.05) is 19.6 Å². The first-order valence-electron chi connectivity index (χ1n) is 8.15. The van der Waals surface area contributed by atoms with Gasteiger partial charge in [-0.25, -0.2) is 0 Å². The number of amides is 1. The average molecular weight is 339 g/mol. The van der Waals surface area contributed by atoms with Gasteiger partial charge in [-0.05, 0) is 37.5 Å². The highest BCUT2D eigenvalue weighted by Crippen LogP contribution is 2.13. The fraction of sp³-hybridized carbons (Fsp3) is 0.562. The molecule has 0 bridgehead atoms.